The normalized spacial score (nSPS) is 36.0. The zero-order valence-corrected chi connectivity index (χ0v) is 12.2. The summed E-state index contributed by atoms with van der Waals surface area (Å²) in [6.45, 7) is 10.4. The van der Waals surface area contributed by atoms with Crippen LogP contribution in [0.2, 0.25) is 0 Å². The van der Waals surface area contributed by atoms with Gasteiger partial charge in [0.25, 0.3) is 0 Å². The fourth-order valence-electron chi connectivity index (χ4n) is 3.21. The molecule has 0 aliphatic carbocycles. The summed E-state index contributed by atoms with van der Waals surface area (Å²) >= 11 is 0. The maximum Gasteiger partial charge on any atom is 0.114 e. The first-order valence-corrected chi connectivity index (χ1v) is 7.06. The summed E-state index contributed by atoms with van der Waals surface area (Å²) in [7, 11) is 1.73. The molecule has 0 spiro atoms. The predicted molar refractivity (Wildman–Crippen MR) is 70.7 cm³/mol. The molecule has 2 aliphatic rings. The first-order valence-electron chi connectivity index (χ1n) is 7.06. The second-order valence-corrected chi connectivity index (χ2v) is 6.16. The number of rotatable bonds is 5. The Labute approximate surface area is 110 Å². The highest BCUT2D eigenvalue weighted by molar-refractivity contribution is 4.99. The Kier molecular flexibility index (Phi) is 4.64. The Morgan fingerprint density at radius 3 is 2.17 bits per heavy atom. The third-order valence-electron chi connectivity index (χ3n) is 4.15. The van der Waals surface area contributed by atoms with Gasteiger partial charge in [-0.3, -0.25) is 0 Å². The largest absolute Gasteiger partial charge is 0.376 e. The van der Waals surface area contributed by atoms with Crippen molar-refractivity contribution in [2.75, 3.05) is 20.3 Å². The first kappa shape index (κ1) is 14.3. The van der Waals surface area contributed by atoms with Gasteiger partial charge in [0, 0.05) is 13.2 Å². The standard InChI is InChI=1S/C14H27NO3/c1-8(2)12(9(3)4)15-10-6-17-14-11(16-5)7-18-13(10)14/h8-15H,6-7H2,1-5H3/t10-,11-,13-,14-/m1/s1. The van der Waals surface area contributed by atoms with Crippen molar-refractivity contribution >= 4 is 0 Å². The fourth-order valence-corrected chi connectivity index (χ4v) is 3.21. The van der Waals surface area contributed by atoms with E-state index in [-0.39, 0.29) is 18.3 Å². The predicted octanol–water partition coefficient (Wildman–Crippen LogP) is 1.44. The number of nitrogens with one attached hydrogen (secondary N) is 1. The first-order chi connectivity index (χ1) is 8.54. The average molecular weight is 257 g/mol. The number of hydrogen-bond acceptors (Lipinski definition) is 4. The van der Waals surface area contributed by atoms with Crippen molar-refractivity contribution in [1.82, 2.24) is 5.32 Å². The second-order valence-electron chi connectivity index (χ2n) is 6.16. The molecule has 2 aliphatic heterocycles. The molecule has 4 nitrogen and oxygen atoms in total. The smallest absolute Gasteiger partial charge is 0.114 e. The lowest BCUT2D eigenvalue weighted by molar-refractivity contribution is -0.00857. The zero-order chi connectivity index (χ0) is 13.3. The monoisotopic (exact) mass is 257 g/mol. The topological polar surface area (TPSA) is 39.7 Å². The average Bonchev–Trinajstić information content (AvgIpc) is 2.86. The Morgan fingerprint density at radius 2 is 1.61 bits per heavy atom. The molecule has 2 fully saturated rings. The number of ether oxygens (including phenoxy) is 3. The van der Waals surface area contributed by atoms with Crippen LogP contribution in [0.4, 0.5) is 0 Å². The van der Waals surface area contributed by atoms with Crippen molar-refractivity contribution in [3.63, 3.8) is 0 Å². The molecule has 106 valence electrons. The van der Waals surface area contributed by atoms with Gasteiger partial charge in [0.15, 0.2) is 0 Å². The minimum atomic E-state index is 0.0957. The molecule has 0 aromatic rings. The molecule has 0 amide bonds. The molecular weight excluding hydrogens is 230 g/mol. The van der Waals surface area contributed by atoms with Crippen molar-refractivity contribution in [2.24, 2.45) is 11.8 Å². The summed E-state index contributed by atoms with van der Waals surface area (Å²) in [5, 5.41) is 3.73. The van der Waals surface area contributed by atoms with E-state index in [1.165, 1.54) is 0 Å². The minimum absolute atomic E-state index is 0.0957. The van der Waals surface area contributed by atoms with E-state index in [9.17, 15) is 0 Å². The number of fused-ring (bicyclic) bond motifs is 1. The molecule has 0 aromatic carbocycles. The molecule has 0 unspecified atom stereocenters. The molecule has 2 saturated heterocycles. The van der Waals surface area contributed by atoms with E-state index in [1.807, 2.05) is 0 Å². The van der Waals surface area contributed by atoms with Crippen LogP contribution in [0.25, 0.3) is 0 Å². The SMILES string of the molecule is CO[C@@H]1CO[C@H]2[C@@H]1OC[C@H]2NC(C(C)C)C(C)C. The van der Waals surface area contributed by atoms with Crippen LogP contribution in [0.5, 0.6) is 0 Å². The van der Waals surface area contributed by atoms with Gasteiger partial charge in [0.1, 0.15) is 18.3 Å². The van der Waals surface area contributed by atoms with E-state index < -0.39 is 0 Å². The Morgan fingerprint density at radius 1 is 1.00 bits per heavy atom. The molecule has 0 aromatic heterocycles. The van der Waals surface area contributed by atoms with E-state index in [1.54, 1.807) is 7.11 Å². The van der Waals surface area contributed by atoms with Crippen LogP contribution in [-0.2, 0) is 14.2 Å². The molecule has 0 radical (unpaired) electrons. The lowest BCUT2D eigenvalue weighted by Crippen LogP contribution is -2.50. The quantitative estimate of drug-likeness (QED) is 0.809. The van der Waals surface area contributed by atoms with Gasteiger partial charge in [0.2, 0.25) is 0 Å². The molecule has 2 heterocycles. The summed E-state index contributed by atoms with van der Waals surface area (Å²) < 4.78 is 17.1. The molecule has 0 bridgehead atoms. The molecule has 18 heavy (non-hydrogen) atoms. The third kappa shape index (κ3) is 2.72. The van der Waals surface area contributed by atoms with Crippen LogP contribution < -0.4 is 5.32 Å². The Bertz CT molecular complexity index is 262. The molecule has 0 saturated carbocycles. The van der Waals surface area contributed by atoms with Gasteiger partial charge in [-0.15, -0.1) is 0 Å². The van der Waals surface area contributed by atoms with Crippen LogP contribution in [0, 0.1) is 11.8 Å². The van der Waals surface area contributed by atoms with Gasteiger partial charge >= 0.3 is 0 Å². The van der Waals surface area contributed by atoms with Crippen LogP contribution in [0.3, 0.4) is 0 Å². The van der Waals surface area contributed by atoms with Gasteiger partial charge in [-0.1, -0.05) is 27.7 Å². The van der Waals surface area contributed by atoms with Crippen molar-refractivity contribution in [3.8, 4) is 0 Å². The summed E-state index contributed by atoms with van der Waals surface area (Å²) in [5.41, 5.74) is 0. The third-order valence-corrected chi connectivity index (χ3v) is 4.15. The number of hydrogen-bond donors (Lipinski definition) is 1. The summed E-state index contributed by atoms with van der Waals surface area (Å²) in [6.07, 6.45) is 0.348. The van der Waals surface area contributed by atoms with E-state index in [0.717, 1.165) is 6.61 Å². The van der Waals surface area contributed by atoms with E-state index in [2.05, 4.69) is 33.0 Å². The highest BCUT2D eigenvalue weighted by atomic mass is 16.6. The minimum Gasteiger partial charge on any atom is -0.376 e. The van der Waals surface area contributed by atoms with E-state index >= 15 is 0 Å². The van der Waals surface area contributed by atoms with Gasteiger partial charge in [-0.2, -0.15) is 0 Å². The van der Waals surface area contributed by atoms with Crippen LogP contribution in [0.1, 0.15) is 27.7 Å². The maximum absolute atomic E-state index is 5.84. The van der Waals surface area contributed by atoms with E-state index in [0.29, 0.717) is 30.5 Å². The molecule has 4 atom stereocenters. The molecule has 4 heteroatoms. The Balaban J connectivity index is 1.95. The van der Waals surface area contributed by atoms with Crippen molar-refractivity contribution < 1.29 is 14.2 Å². The van der Waals surface area contributed by atoms with E-state index in [4.69, 9.17) is 14.2 Å². The van der Waals surface area contributed by atoms with Crippen molar-refractivity contribution in [2.45, 2.75) is 58.1 Å². The van der Waals surface area contributed by atoms with Gasteiger partial charge < -0.3 is 19.5 Å². The highest BCUT2D eigenvalue weighted by Crippen LogP contribution is 2.29. The highest BCUT2D eigenvalue weighted by Gasteiger charge is 2.48. The lowest BCUT2D eigenvalue weighted by Gasteiger charge is -2.30. The lowest BCUT2D eigenvalue weighted by atomic mass is 9.92. The fraction of sp³-hybridized carbons (Fsp3) is 1.00. The van der Waals surface area contributed by atoms with Gasteiger partial charge in [-0.25, -0.2) is 0 Å². The molecule has 2 rings (SSSR count). The molecular formula is C14H27NO3. The molecule has 1 N–H and O–H groups in total. The van der Waals surface area contributed by atoms with Crippen LogP contribution >= 0.6 is 0 Å². The van der Waals surface area contributed by atoms with Crippen LogP contribution in [0.15, 0.2) is 0 Å². The number of methoxy groups -OCH3 is 1. The van der Waals surface area contributed by atoms with Crippen molar-refractivity contribution in [3.05, 3.63) is 0 Å². The van der Waals surface area contributed by atoms with Crippen molar-refractivity contribution in [1.29, 1.82) is 0 Å². The Hall–Kier alpha value is -0.160. The zero-order valence-electron chi connectivity index (χ0n) is 12.2. The summed E-state index contributed by atoms with van der Waals surface area (Å²) in [6, 6.07) is 0.799. The summed E-state index contributed by atoms with van der Waals surface area (Å²) in [4.78, 5) is 0. The van der Waals surface area contributed by atoms with Gasteiger partial charge in [0.05, 0.1) is 19.3 Å². The maximum atomic E-state index is 5.84. The van der Waals surface area contributed by atoms with Gasteiger partial charge in [-0.05, 0) is 11.8 Å². The second kappa shape index (κ2) is 5.87. The van der Waals surface area contributed by atoms with Crippen LogP contribution in [-0.4, -0.2) is 50.7 Å². The summed E-state index contributed by atoms with van der Waals surface area (Å²) in [5.74, 6) is 1.23.